The van der Waals surface area contributed by atoms with E-state index < -0.39 is 11.6 Å². The molecule has 0 aliphatic rings. The predicted molar refractivity (Wildman–Crippen MR) is 65.7 cm³/mol. The molecule has 0 radical (unpaired) electrons. The third-order valence-electron chi connectivity index (χ3n) is 2.17. The van der Waals surface area contributed by atoms with E-state index in [-0.39, 0.29) is 5.84 Å². The fourth-order valence-corrected chi connectivity index (χ4v) is 2.25. The molecule has 1 aromatic carbocycles. The second-order valence-electron chi connectivity index (χ2n) is 3.45. The van der Waals surface area contributed by atoms with Crippen molar-refractivity contribution in [2.24, 2.45) is 5.73 Å². The van der Waals surface area contributed by atoms with Crippen LogP contribution in [0.1, 0.15) is 5.56 Å². The second kappa shape index (κ2) is 5.14. The van der Waals surface area contributed by atoms with Crippen molar-refractivity contribution in [2.45, 2.75) is 9.92 Å². The molecule has 0 aliphatic heterocycles. The minimum absolute atomic E-state index is 0.117. The van der Waals surface area contributed by atoms with Gasteiger partial charge in [0.25, 0.3) is 0 Å². The van der Waals surface area contributed by atoms with E-state index in [1.54, 1.807) is 18.3 Å². The zero-order chi connectivity index (χ0) is 13.1. The van der Waals surface area contributed by atoms with Crippen molar-refractivity contribution in [1.82, 2.24) is 4.98 Å². The Morgan fingerprint density at radius 2 is 2.00 bits per heavy atom. The van der Waals surface area contributed by atoms with E-state index in [2.05, 4.69) is 4.98 Å². The minimum Gasteiger partial charge on any atom is -0.384 e. The molecule has 0 saturated heterocycles. The summed E-state index contributed by atoms with van der Waals surface area (Å²) in [6, 6.07) is 6.89. The number of halogens is 2. The summed E-state index contributed by atoms with van der Waals surface area (Å²) < 4.78 is 25.9. The first kappa shape index (κ1) is 12.5. The van der Waals surface area contributed by atoms with Crippen LogP contribution in [0.3, 0.4) is 0 Å². The lowest BCUT2D eigenvalue weighted by molar-refractivity contribution is 0.506. The Morgan fingerprint density at radius 1 is 1.22 bits per heavy atom. The van der Waals surface area contributed by atoms with Gasteiger partial charge in [-0.1, -0.05) is 11.8 Å². The number of nitrogen functional groups attached to an aromatic ring is 1. The molecule has 0 amide bonds. The van der Waals surface area contributed by atoms with Crippen molar-refractivity contribution in [1.29, 1.82) is 5.41 Å². The molecule has 0 saturated carbocycles. The Balaban J connectivity index is 2.34. The molecule has 2 aromatic rings. The summed E-state index contributed by atoms with van der Waals surface area (Å²) in [5.74, 6) is -1.93. The lowest BCUT2D eigenvalue weighted by atomic mass is 10.3. The summed E-state index contributed by atoms with van der Waals surface area (Å²) >= 11 is 1.13. The number of nitrogens with two attached hydrogens (primary N) is 1. The molecule has 1 aromatic heterocycles. The van der Waals surface area contributed by atoms with Crippen molar-refractivity contribution < 1.29 is 8.78 Å². The highest BCUT2D eigenvalue weighted by Gasteiger charge is 2.09. The molecule has 1 heterocycles. The molecule has 0 aliphatic carbocycles. The maximum absolute atomic E-state index is 13.1. The topological polar surface area (TPSA) is 62.8 Å². The number of rotatable bonds is 3. The lowest BCUT2D eigenvalue weighted by Gasteiger charge is -2.06. The maximum Gasteiger partial charge on any atom is 0.159 e. The van der Waals surface area contributed by atoms with Gasteiger partial charge in [0, 0.05) is 16.7 Å². The number of nitrogens with zero attached hydrogens (tertiary/aromatic N) is 1. The van der Waals surface area contributed by atoms with Crippen LogP contribution in [0.15, 0.2) is 46.5 Å². The van der Waals surface area contributed by atoms with Crippen LogP contribution in [0.5, 0.6) is 0 Å². The number of aromatic nitrogens is 1. The van der Waals surface area contributed by atoms with Crippen LogP contribution in [0, 0.1) is 17.0 Å². The fourth-order valence-electron chi connectivity index (χ4n) is 1.33. The highest BCUT2D eigenvalue weighted by molar-refractivity contribution is 7.99. The normalized spacial score (nSPS) is 10.3. The number of pyridine rings is 1. The van der Waals surface area contributed by atoms with Gasteiger partial charge in [0.05, 0.1) is 0 Å². The summed E-state index contributed by atoms with van der Waals surface area (Å²) in [4.78, 5) is 4.57. The van der Waals surface area contributed by atoms with Crippen LogP contribution in [0.4, 0.5) is 8.78 Å². The molecule has 2 rings (SSSR count). The molecule has 92 valence electrons. The van der Waals surface area contributed by atoms with Gasteiger partial charge >= 0.3 is 0 Å². The number of amidine groups is 1. The molecular formula is C12H9F2N3S. The van der Waals surface area contributed by atoms with Crippen LogP contribution in [-0.2, 0) is 0 Å². The quantitative estimate of drug-likeness (QED) is 0.662. The standard InChI is InChI=1S/C12H9F2N3S/c13-9-4-3-7(6-10(9)14)18-12-8(11(15)16)2-1-5-17-12/h1-6H,(H3,15,16). The molecule has 0 fully saturated rings. The van der Waals surface area contributed by atoms with Gasteiger partial charge in [0.2, 0.25) is 0 Å². The van der Waals surface area contributed by atoms with E-state index in [0.717, 1.165) is 23.9 Å². The van der Waals surface area contributed by atoms with E-state index in [4.69, 9.17) is 11.1 Å². The van der Waals surface area contributed by atoms with Crippen LogP contribution in [0.2, 0.25) is 0 Å². The van der Waals surface area contributed by atoms with Crippen LogP contribution in [-0.4, -0.2) is 10.8 Å². The van der Waals surface area contributed by atoms with Gasteiger partial charge in [0.1, 0.15) is 10.9 Å². The monoisotopic (exact) mass is 265 g/mol. The average Bonchev–Trinajstić information content (AvgIpc) is 2.34. The summed E-state index contributed by atoms with van der Waals surface area (Å²) in [6.07, 6.45) is 1.55. The Labute approximate surface area is 107 Å². The Kier molecular flexibility index (Phi) is 3.57. The van der Waals surface area contributed by atoms with E-state index in [1.807, 2.05) is 0 Å². The van der Waals surface area contributed by atoms with Crippen molar-refractivity contribution in [3.8, 4) is 0 Å². The van der Waals surface area contributed by atoms with Gasteiger partial charge in [0.15, 0.2) is 11.6 Å². The predicted octanol–water partition coefficient (Wildman–Crippen LogP) is 2.80. The van der Waals surface area contributed by atoms with Crippen molar-refractivity contribution in [2.75, 3.05) is 0 Å². The first-order valence-corrected chi connectivity index (χ1v) is 5.82. The molecule has 3 N–H and O–H groups in total. The number of nitrogens with one attached hydrogen (secondary N) is 1. The molecule has 3 nitrogen and oxygen atoms in total. The first-order valence-electron chi connectivity index (χ1n) is 5.00. The third-order valence-corrected chi connectivity index (χ3v) is 3.18. The molecule has 0 bridgehead atoms. The van der Waals surface area contributed by atoms with Crippen molar-refractivity contribution in [3.05, 3.63) is 53.7 Å². The molecule has 18 heavy (non-hydrogen) atoms. The molecule has 0 atom stereocenters. The summed E-state index contributed by atoms with van der Waals surface area (Å²) in [5, 5.41) is 7.89. The summed E-state index contributed by atoms with van der Waals surface area (Å²) in [7, 11) is 0. The number of hydrogen-bond acceptors (Lipinski definition) is 3. The minimum atomic E-state index is -0.916. The Morgan fingerprint density at radius 3 is 2.67 bits per heavy atom. The van der Waals surface area contributed by atoms with Crippen molar-refractivity contribution in [3.63, 3.8) is 0 Å². The van der Waals surface area contributed by atoms with E-state index in [9.17, 15) is 8.78 Å². The SMILES string of the molecule is N=C(N)c1cccnc1Sc1ccc(F)c(F)c1. The smallest absolute Gasteiger partial charge is 0.159 e. The van der Waals surface area contributed by atoms with Crippen LogP contribution < -0.4 is 5.73 Å². The van der Waals surface area contributed by atoms with E-state index in [1.165, 1.54) is 6.07 Å². The molecular weight excluding hydrogens is 256 g/mol. The van der Waals surface area contributed by atoms with Gasteiger partial charge in [-0.3, -0.25) is 5.41 Å². The van der Waals surface area contributed by atoms with Gasteiger partial charge in [-0.15, -0.1) is 0 Å². The number of benzene rings is 1. The van der Waals surface area contributed by atoms with Gasteiger partial charge in [-0.2, -0.15) is 0 Å². The fraction of sp³-hybridized carbons (Fsp3) is 0. The lowest BCUT2D eigenvalue weighted by Crippen LogP contribution is -2.12. The van der Waals surface area contributed by atoms with Gasteiger partial charge in [-0.05, 0) is 30.3 Å². The van der Waals surface area contributed by atoms with E-state index in [0.29, 0.717) is 15.5 Å². The third kappa shape index (κ3) is 2.65. The largest absolute Gasteiger partial charge is 0.384 e. The Hall–Kier alpha value is -1.95. The van der Waals surface area contributed by atoms with Gasteiger partial charge < -0.3 is 5.73 Å². The van der Waals surface area contributed by atoms with E-state index >= 15 is 0 Å². The first-order chi connectivity index (χ1) is 8.58. The number of hydrogen-bond donors (Lipinski definition) is 2. The zero-order valence-corrected chi connectivity index (χ0v) is 9.97. The highest BCUT2D eigenvalue weighted by atomic mass is 32.2. The second-order valence-corrected chi connectivity index (χ2v) is 4.51. The Bertz CT molecular complexity index is 602. The van der Waals surface area contributed by atoms with Crippen LogP contribution >= 0.6 is 11.8 Å². The maximum atomic E-state index is 13.1. The zero-order valence-electron chi connectivity index (χ0n) is 9.15. The molecule has 0 spiro atoms. The molecule has 0 unspecified atom stereocenters. The average molecular weight is 265 g/mol. The molecule has 6 heteroatoms. The van der Waals surface area contributed by atoms with Gasteiger partial charge in [-0.25, -0.2) is 13.8 Å². The van der Waals surface area contributed by atoms with Crippen LogP contribution in [0.25, 0.3) is 0 Å². The van der Waals surface area contributed by atoms with Crippen molar-refractivity contribution >= 4 is 17.6 Å². The summed E-state index contributed by atoms with van der Waals surface area (Å²) in [6.45, 7) is 0. The summed E-state index contributed by atoms with van der Waals surface area (Å²) in [5.41, 5.74) is 5.88. The highest BCUT2D eigenvalue weighted by Crippen LogP contribution is 2.29.